The molecule has 16 N–H and O–H groups in total. The number of aldehydes is 1. The van der Waals surface area contributed by atoms with Gasteiger partial charge in [0.15, 0.2) is 30.8 Å². The van der Waals surface area contributed by atoms with Gasteiger partial charge < -0.3 is 125 Å². The van der Waals surface area contributed by atoms with Crippen molar-refractivity contribution in [1.82, 2.24) is 10.6 Å². The van der Waals surface area contributed by atoms with Crippen LogP contribution in [-0.4, -0.2) is 257 Å². The number of amides is 2. The van der Waals surface area contributed by atoms with E-state index in [1.807, 2.05) is 34.6 Å². The number of nitrogens with one attached hydrogen (secondary N) is 2. The third kappa shape index (κ3) is 20.8. The van der Waals surface area contributed by atoms with Crippen molar-refractivity contribution in [3.8, 4) is 0 Å². The molecule has 0 aromatic rings. The molecule has 0 radical (unpaired) electrons. The van der Waals surface area contributed by atoms with Crippen LogP contribution in [0.25, 0.3) is 0 Å². The van der Waals surface area contributed by atoms with Gasteiger partial charge >= 0.3 is 5.97 Å². The number of rotatable bonds is 34. The Morgan fingerprint density at radius 3 is 2.05 bits per heavy atom. The largest absolute Gasteiger partial charge is 0.433 e. The first kappa shape index (κ1) is 85.2. The van der Waals surface area contributed by atoms with Gasteiger partial charge in [-0.1, -0.05) is 100 Å². The highest BCUT2D eigenvalue weighted by Crippen LogP contribution is 2.66. The van der Waals surface area contributed by atoms with E-state index in [-0.39, 0.29) is 71.5 Å². The second-order valence-electron chi connectivity index (χ2n) is 32.5. The molecule has 30 atom stereocenters. The standard InChI is InChI=1S/C73H126N2O26/c1-12-38(4)47(74-55(85)30-45(82)28-48(39(5)13-2)96-66-46(33-76)60(88)50(35-78)98-66)27-44(81)29-56(86)75-59-49(34-77)97-68(65(61(59)89)101-67-63(91)62(90)64(40(6)95-67)100-58-32-73(92,93)54(84)36-94-58)99-57(87)16-15-23-69(7,8)31-42-26-43(80)19-17-41(42)18-20-51-70(9,14-3)24-21-52-71(51,10)25-22-53(83)72(52,11)37-79/h18,37-40,42-54,58-68,76-78,80-84,88-93H,12-17,19-36H2,1-11H3,(H,74,85)(H,75,86)/b41-18-/t38-,39-,40?,42?,43?,44-,45-,46?,47-,48-,49?,50-,51?,52?,53-,54+,58-,59-,60?,61?,62?,63?,64-,65?,66+,67-,68-,70?,71?,72?/m0/s1. The topological polar surface area (TPSA) is 449 Å². The van der Waals surface area contributed by atoms with Gasteiger partial charge in [-0.05, 0) is 130 Å². The Morgan fingerprint density at radius 2 is 1.42 bits per heavy atom. The number of fused-ring (bicyclic) bond motifs is 1. The van der Waals surface area contributed by atoms with Crippen molar-refractivity contribution in [2.24, 2.45) is 57.2 Å². The highest BCUT2D eigenvalue weighted by atomic mass is 16.8. The molecule has 0 bridgehead atoms. The maximum atomic E-state index is 14.1. The van der Waals surface area contributed by atoms with Crippen LogP contribution < -0.4 is 10.6 Å². The van der Waals surface area contributed by atoms with Crippen LogP contribution in [0.4, 0.5) is 0 Å². The summed E-state index contributed by atoms with van der Waals surface area (Å²) in [5, 5.41) is 158. The monoisotopic (exact) mass is 1450 g/mol. The first-order valence-corrected chi connectivity index (χ1v) is 37.3. The van der Waals surface area contributed by atoms with Crippen LogP contribution >= 0.6 is 0 Å². The molecule has 28 nitrogen and oxygen atoms in total. The smallest absolute Gasteiger partial charge is 0.308 e. The molecule has 0 spiro atoms. The summed E-state index contributed by atoms with van der Waals surface area (Å²) < 4.78 is 47.4. The predicted molar refractivity (Wildman–Crippen MR) is 362 cm³/mol. The Labute approximate surface area is 595 Å². The average Bonchev–Trinajstić information content (AvgIpc) is 0.986. The summed E-state index contributed by atoms with van der Waals surface area (Å²) in [6, 6.07) is -2.28. The second-order valence-corrected chi connectivity index (χ2v) is 32.5. The van der Waals surface area contributed by atoms with E-state index in [1.165, 1.54) is 12.5 Å². The lowest BCUT2D eigenvalue weighted by Gasteiger charge is -2.63. The fourth-order valence-corrected chi connectivity index (χ4v) is 17.6. The van der Waals surface area contributed by atoms with Crippen molar-refractivity contribution >= 4 is 24.1 Å². The summed E-state index contributed by atoms with van der Waals surface area (Å²) in [4.78, 5) is 54.5. The minimum Gasteiger partial charge on any atom is -0.433 e. The molecule has 3 saturated carbocycles. The van der Waals surface area contributed by atoms with Gasteiger partial charge in [0.25, 0.3) is 0 Å². The molecular weight excluding hydrogens is 1320 g/mol. The molecule has 7 aliphatic rings. The molecule has 0 aromatic heterocycles. The fourth-order valence-electron chi connectivity index (χ4n) is 17.6. The molecule has 101 heavy (non-hydrogen) atoms. The van der Waals surface area contributed by atoms with Crippen molar-refractivity contribution in [3.05, 3.63) is 11.6 Å². The van der Waals surface area contributed by atoms with Crippen LogP contribution in [0.3, 0.4) is 0 Å². The zero-order chi connectivity index (χ0) is 74.9. The molecule has 7 rings (SSSR count). The first-order valence-electron chi connectivity index (χ1n) is 37.3. The fraction of sp³-hybridized carbons (Fsp3) is 0.918. The second kappa shape index (κ2) is 36.7. The SMILES string of the molecule is CC[C@H](C)[C@H](C[C@H](O)CC(=O)N[C@H]1C(CO)O[C@@H](OC(=O)CCCC(C)(C)CC2CC(O)CC/C2=C/CC2C(C)(CC)CCC3C2(C)CC[C@H](O)C3(C)C=O)C(O[C@@H]2OC(C)[C@H](O[C@H]3CC(O)(O)[C@H](O)CO3)C(O)C2O)C1O)NC(=O)C[C@@H](O)C[C@H](O[C@@H]1O[C@@H](CO)C(O)C1CO)[C@@H](C)CC. The molecule has 4 heterocycles. The molecule has 584 valence electrons. The number of carbonyl (C=O) groups is 4. The summed E-state index contributed by atoms with van der Waals surface area (Å²) in [6.45, 7) is 19.6. The molecular formula is C73H126N2O26. The first-order chi connectivity index (χ1) is 47.4. The van der Waals surface area contributed by atoms with Crippen molar-refractivity contribution in [2.45, 2.75) is 339 Å². The van der Waals surface area contributed by atoms with Gasteiger partial charge in [0.2, 0.25) is 18.1 Å². The molecule has 7 fully saturated rings. The van der Waals surface area contributed by atoms with E-state index >= 15 is 0 Å². The van der Waals surface area contributed by atoms with E-state index in [2.05, 4.69) is 51.3 Å². The van der Waals surface area contributed by atoms with E-state index in [0.29, 0.717) is 51.4 Å². The van der Waals surface area contributed by atoms with Crippen LogP contribution in [0.15, 0.2) is 11.6 Å². The Balaban J connectivity index is 1.01. The Hall–Kier alpha value is -3.02. The third-order valence-corrected chi connectivity index (χ3v) is 24.7. The van der Waals surface area contributed by atoms with Gasteiger partial charge in [0.1, 0.15) is 49.0 Å². The lowest BCUT2D eigenvalue weighted by Crippen LogP contribution is -2.68. The van der Waals surface area contributed by atoms with Gasteiger partial charge in [-0.25, -0.2) is 0 Å². The van der Waals surface area contributed by atoms with Crippen LogP contribution in [0.5, 0.6) is 0 Å². The number of hydrogen-bond donors (Lipinski definition) is 16. The van der Waals surface area contributed by atoms with Crippen LogP contribution in [0, 0.1) is 57.2 Å². The molecule has 0 aromatic carbocycles. The molecule has 28 heteroatoms. The quantitative estimate of drug-likeness (QED) is 0.0189. The zero-order valence-electron chi connectivity index (χ0n) is 61.4. The van der Waals surface area contributed by atoms with E-state index in [1.54, 1.807) is 0 Å². The summed E-state index contributed by atoms with van der Waals surface area (Å²) in [6.07, 6.45) is -15.0. The molecule has 3 aliphatic carbocycles. The number of aliphatic hydroxyl groups is 14. The number of aliphatic hydroxyl groups excluding tert-OH is 12. The van der Waals surface area contributed by atoms with Gasteiger partial charge in [0.05, 0.1) is 106 Å². The van der Waals surface area contributed by atoms with Crippen molar-refractivity contribution in [2.75, 3.05) is 26.4 Å². The minimum absolute atomic E-state index is 0.0257. The van der Waals surface area contributed by atoms with Gasteiger partial charge in [-0.15, -0.1) is 0 Å². The highest BCUT2D eigenvalue weighted by Gasteiger charge is 2.62. The lowest BCUT2D eigenvalue weighted by molar-refractivity contribution is -0.372. The predicted octanol–water partition coefficient (Wildman–Crippen LogP) is 1.92. The number of esters is 1. The maximum Gasteiger partial charge on any atom is 0.308 e. The highest BCUT2D eigenvalue weighted by molar-refractivity contribution is 5.77. The molecule has 4 saturated heterocycles. The van der Waals surface area contributed by atoms with Crippen LogP contribution in [0.2, 0.25) is 0 Å². The van der Waals surface area contributed by atoms with E-state index in [9.17, 15) is 90.7 Å². The third-order valence-electron chi connectivity index (χ3n) is 24.7. The Morgan fingerprint density at radius 1 is 0.752 bits per heavy atom. The lowest BCUT2D eigenvalue weighted by atomic mass is 9.42. The normalized spacial score (nSPS) is 40.6. The van der Waals surface area contributed by atoms with Crippen LogP contribution in [-0.2, 0) is 57.1 Å². The summed E-state index contributed by atoms with van der Waals surface area (Å²) in [5.41, 5.74) is -0.0314. The number of ether oxygens (including phenoxy) is 8. The Kier molecular flexibility index (Phi) is 31.0. The maximum absolute atomic E-state index is 14.1. The number of allylic oxidation sites excluding steroid dienone is 2. The van der Waals surface area contributed by atoms with E-state index in [0.717, 1.165) is 44.8 Å². The summed E-state index contributed by atoms with van der Waals surface area (Å²) in [7, 11) is 0. The van der Waals surface area contributed by atoms with Crippen molar-refractivity contribution < 1.29 is 129 Å². The number of carbonyl (C=O) groups excluding carboxylic acids is 4. The zero-order valence-corrected chi connectivity index (χ0v) is 61.4. The molecule has 4 aliphatic heterocycles. The van der Waals surface area contributed by atoms with E-state index in [4.69, 9.17) is 37.9 Å². The van der Waals surface area contributed by atoms with Crippen molar-refractivity contribution in [3.63, 3.8) is 0 Å². The van der Waals surface area contributed by atoms with Gasteiger partial charge in [0, 0.05) is 18.9 Å². The average molecular weight is 1450 g/mol. The summed E-state index contributed by atoms with van der Waals surface area (Å²) in [5.74, 6) is -5.75. The van der Waals surface area contributed by atoms with E-state index < -0.39 is 203 Å². The van der Waals surface area contributed by atoms with Gasteiger partial charge in [-0.2, -0.15) is 0 Å². The molecule has 15 unspecified atom stereocenters. The Bertz CT molecular complexity index is 2660. The van der Waals surface area contributed by atoms with Crippen LogP contribution in [0.1, 0.15) is 205 Å². The number of hydrogen-bond acceptors (Lipinski definition) is 26. The minimum atomic E-state index is -2.61. The summed E-state index contributed by atoms with van der Waals surface area (Å²) >= 11 is 0. The van der Waals surface area contributed by atoms with Crippen molar-refractivity contribution in [1.29, 1.82) is 0 Å². The van der Waals surface area contributed by atoms with Gasteiger partial charge in [-0.3, -0.25) is 14.4 Å². The molecule has 2 amide bonds.